The van der Waals surface area contributed by atoms with Crippen LogP contribution in [0.5, 0.6) is 0 Å². The van der Waals surface area contributed by atoms with E-state index in [1.807, 2.05) is 30.3 Å². The number of thiocarbonyl (C=S) groups is 1. The number of pyridine rings is 1. The molecule has 0 amide bonds. The molecule has 2 N–H and O–H groups in total. The predicted octanol–water partition coefficient (Wildman–Crippen LogP) is 2.70. The molecule has 0 aliphatic carbocycles. The molecular weight excluding hydrogens is 270 g/mol. The molecule has 4 nitrogen and oxygen atoms in total. The molecule has 1 aromatic heterocycles. The third-order valence-corrected chi connectivity index (χ3v) is 3.64. The second-order valence-electron chi connectivity index (χ2n) is 4.85. The fourth-order valence-electron chi connectivity index (χ4n) is 2.38. The van der Waals surface area contributed by atoms with Crippen LogP contribution in [0.1, 0.15) is 12.8 Å². The Labute approximate surface area is 123 Å². The van der Waals surface area contributed by atoms with E-state index in [9.17, 15) is 0 Å². The van der Waals surface area contributed by atoms with Crippen LogP contribution >= 0.6 is 12.2 Å². The van der Waals surface area contributed by atoms with Gasteiger partial charge >= 0.3 is 0 Å². The first-order valence-corrected chi connectivity index (χ1v) is 7.24. The standard InChI is InChI=1S/C15H17N3OS/c20-15(17-10-12-6-3-9-19-12)18-13-7-1-4-11-5-2-8-16-14(11)13/h1-2,4-5,7-8,12H,3,6,9-10H2,(H2,17,18,20)/t12-/m0/s1. The molecule has 1 aliphatic rings. The maximum absolute atomic E-state index is 5.56. The van der Waals surface area contributed by atoms with Crippen molar-refractivity contribution in [3.05, 3.63) is 36.5 Å². The third-order valence-electron chi connectivity index (χ3n) is 3.40. The molecule has 1 aliphatic heterocycles. The Morgan fingerprint density at radius 1 is 1.35 bits per heavy atom. The van der Waals surface area contributed by atoms with E-state index in [4.69, 9.17) is 17.0 Å². The van der Waals surface area contributed by atoms with Crippen molar-refractivity contribution in [3.63, 3.8) is 0 Å². The van der Waals surface area contributed by atoms with Gasteiger partial charge in [0.2, 0.25) is 0 Å². The first-order valence-electron chi connectivity index (χ1n) is 6.83. The molecule has 1 saturated heterocycles. The lowest BCUT2D eigenvalue weighted by Crippen LogP contribution is -2.34. The summed E-state index contributed by atoms with van der Waals surface area (Å²) in [4.78, 5) is 4.40. The fraction of sp³-hybridized carbons (Fsp3) is 0.333. The van der Waals surface area contributed by atoms with Crippen molar-refractivity contribution >= 4 is 33.9 Å². The molecule has 0 bridgehead atoms. The van der Waals surface area contributed by atoms with Gasteiger partial charge in [0.25, 0.3) is 0 Å². The number of fused-ring (bicyclic) bond motifs is 1. The largest absolute Gasteiger partial charge is 0.376 e. The van der Waals surface area contributed by atoms with E-state index in [2.05, 4.69) is 15.6 Å². The van der Waals surface area contributed by atoms with E-state index in [0.717, 1.165) is 42.6 Å². The number of nitrogens with zero attached hydrogens (tertiary/aromatic N) is 1. The molecule has 2 aromatic rings. The summed E-state index contributed by atoms with van der Waals surface area (Å²) in [5.74, 6) is 0. The van der Waals surface area contributed by atoms with Crippen LogP contribution in [0.4, 0.5) is 5.69 Å². The number of ether oxygens (including phenoxy) is 1. The number of hydrogen-bond donors (Lipinski definition) is 2. The minimum Gasteiger partial charge on any atom is -0.376 e. The second kappa shape index (κ2) is 6.15. The number of anilines is 1. The summed E-state index contributed by atoms with van der Waals surface area (Å²) < 4.78 is 5.56. The normalized spacial score (nSPS) is 18.1. The van der Waals surface area contributed by atoms with Gasteiger partial charge in [0.15, 0.2) is 5.11 Å². The summed E-state index contributed by atoms with van der Waals surface area (Å²) in [6.07, 6.45) is 4.31. The average molecular weight is 287 g/mol. The van der Waals surface area contributed by atoms with Crippen molar-refractivity contribution in [2.24, 2.45) is 0 Å². The number of para-hydroxylation sites is 1. The van der Waals surface area contributed by atoms with E-state index in [1.54, 1.807) is 6.20 Å². The third kappa shape index (κ3) is 3.05. The van der Waals surface area contributed by atoms with Crippen molar-refractivity contribution in [1.82, 2.24) is 10.3 Å². The lowest BCUT2D eigenvalue weighted by atomic mass is 10.2. The topological polar surface area (TPSA) is 46.2 Å². The highest BCUT2D eigenvalue weighted by atomic mass is 32.1. The molecule has 1 aromatic carbocycles. The van der Waals surface area contributed by atoms with Gasteiger partial charge in [0.05, 0.1) is 17.3 Å². The Morgan fingerprint density at radius 3 is 3.10 bits per heavy atom. The van der Waals surface area contributed by atoms with Gasteiger partial charge in [-0.1, -0.05) is 18.2 Å². The molecule has 1 atom stereocenters. The summed E-state index contributed by atoms with van der Waals surface area (Å²) >= 11 is 5.33. The average Bonchev–Trinajstić information content (AvgIpc) is 2.99. The van der Waals surface area contributed by atoms with Crippen molar-refractivity contribution in [2.75, 3.05) is 18.5 Å². The minimum absolute atomic E-state index is 0.278. The molecule has 20 heavy (non-hydrogen) atoms. The lowest BCUT2D eigenvalue weighted by molar-refractivity contribution is 0.114. The molecule has 104 valence electrons. The van der Waals surface area contributed by atoms with Crippen LogP contribution in [-0.4, -0.2) is 29.4 Å². The first kappa shape index (κ1) is 13.3. The van der Waals surface area contributed by atoms with Crippen LogP contribution < -0.4 is 10.6 Å². The summed E-state index contributed by atoms with van der Waals surface area (Å²) in [5, 5.41) is 8.12. The number of rotatable bonds is 3. The zero-order chi connectivity index (χ0) is 13.8. The highest BCUT2D eigenvalue weighted by molar-refractivity contribution is 7.80. The Balaban J connectivity index is 1.65. The summed E-state index contributed by atoms with van der Waals surface area (Å²) in [6.45, 7) is 1.61. The molecule has 0 saturated carbocycles. The smallest absolute Gasteiger partial charge is 0.170 e. The van der Waals surface area contributed by atoms with Crippen molar-refractivity contribution in [1.29, 1.82) is 0 Å². The SMILES string of the molecule is S=C(NC[C@@H]1CCCO1)Nc1cccc2cccnc12. The van der Waals surface area contributed by atoms with E-state index >= 15 is 0 Å². The van der Waals surface area contributed by atoms with Crippen LogP contribution in [0, 0.1) is 0 Å². The molecule has 5 heteroatoms. The van der Waals surface area contributed by atoms with Crippen LogP contribution in [0.15, 0.2) is 36.5 Å². The van der Waals surface area contributed by atoms with Crippen molar-refractivity contribution < 1.29 is 4.74 Å². The van der Waals surface area contributed by atoms with Gasteiger partial charge in [0.1, 0.15) is 0 Å². The van der Waals surface area contributed by atoms with Gasteiger partial charge in [-0.15, -0.1) is 0 Å². The lowest BCUT2D eigenvalue weighted by Gasteiger charge is -2.14. The Kier molecular flexibility index (Phi) is 4.08. The zero-order valence-electron chi connectivity index (χ0n) is 11.1. The first-order chi connectivity index (χ1) is 9.83. The van der Waals surface area contributed by atoms with Gasteiger partial charge in [0, 0.05) is 24.7 Å². The zero-order valence-corrected chi connectivity index (χ0v) is 12.0. The number of hydrogen-bond acceptors (Lipinski definition) is 3. The Hall–Kier alpha value is -1.72. The number of benzene rings is 1. The number of nitrogens with one attached hydrogen (secondary N) is 2. The maximum Gasteiger partial charge on any atom is 0.170 e. The molecule has 2 heterocycles. The van der Waals surface area contributed by atoms with Crippen LogP contribution in [-0.2, 0) is 4.74 Å². The van der Waals surface area contributed by atoms with Crippen molar-refractivity contribution in [2.45, 2.75) is 18.9 Å². The van der Waals surface area contributed by atoms with E-state index < -0.39 is 0 Å². The molecular formula is C15H17N3OS. The second-order valence-corrected chi connectivity index (χ2v) is 5.26. The summed E-state index contributed by atoms with van der Waals surface area (Å²) in [7, 11) is 0. The number of aromatic nitrogens is 1. The predicted molar refractivity (Wildman–Crippen MR) is 84.9 cm³/mol. The van der Waals surface area contributed by atoms with E-state index in [0.29, 0.717) is 5.11 Å². The van der Waals surface area contributed by atoms with Gasteiger partial charge in [-0.25, -0.2) is 0 Å². The molecule has 1 fully saturated rings. The van der Waals surface area contributed by atoms with Crippen LogP contribution in [0.3, 0.4) is 0 Å². The monoisotopic (exact) mass is 287 g/mol. The molecule has 3 rings (SSSR count). The Bertz CT molecular complexity index is 606. The van der Waals surface area contributed by atoms with Gasteiger partial charge < -0.3 is 15.4 Å². The van der Waals surface area contributed by atoms with E-state index in [1.165, 1.54) is 0 Å². The Morgan fingerprint density at radius 2 is 2.25 bits per heavy atom. The fourth-order valence-corrected chi connectivity index (χ4v) is 2.58. The minimum atomic E-state index is 0.278. The van der Waals surface area contributed by atoms with Gasteiger partial charge in [-0.05, 0) is 37.2 Å². The van der Waals surface area contributed by atoms with Crippen LogP contribution in [0.25, 0.3) is 10.9 Å². The molecule has 0 spiro atoms. The molecule has 0 unspecified atom stereocenters. The van der Waals surface area contributed by atoms with Gasteiger partial charge in [-0.3, -0.25) is 4.98 Å². The van der Waals surface area contributed by atoms with Crippen LogP contribution in [0.2, 0.25) is 0 Å². The highest BCUT2D eigenvalue weighted by Crippen LogP contribution is 2.20. The highest BCUT2D eigenvalue weighted by Gasteiger charge is 2.15. The maximum atomic E-state index is 5.56. The molecule has 0 radical (unpaired) electrons. The van der Waals surface area contributed by atoms with E-state index in [-0.39, 0.29) is 6.10 Å². The van der Waals surface area contributed by atoms with Crippen molar-refractivity contribution in [3.8, 4) is 0 Å². The van der Waals surface area contributed by atoms with Gasteiger partial charge in [-0.2, -0.15) is 0 Å². The summed E-state index contributed by atoms with van der Waals surface area (Å²) in [6, 6.07) is 9.98. The quantitative estimate of drug-likeness (QED) is 0.850. The summed E-state index contributed by atoms with van der Waals surface area (Å²) in [5.41, 5.74) is 1.85.